The van der Waals surface area contributed by atoms with Gasteiger partial charge in [-0.3, -0.25) is 9.59 Å². The molecule has 39 heavy (non-hydrogen) atoms. The minimum atomic E-state index is -1.09. The third kappa shape index (κ3) is 7.90. The Morgan fingerprint density at radius 3 is 2.05 bits per heavy atom. The topological polar surface area (TPSA) is 116 Å². The summed E-state index contributed by atoms with van der Waals surface area (Å²) in [4.78, 5) is 64.7. The van der Waals surface area contributed by atoms with Crippen molar-refractivity contribution >= 4 is 40.8 Å². The molecule has 1 heterocycles. The Bertz CT molecular complexity index is 1160. The van der Waals surface area contributed by atoms with E-state index in [9.17, 15) is 24.0 Å². The molecule has 11 heteroatoms. The van der Waals surface area contributed by atoms with Crippen LogP contribution in [-0.2, 0) is 46.6 Å². The maximum absolute atomic E-state index is 13.9. The van der Waals surface area contributed by atoms with Gasteiger partial charge in [-0.1, -0.05) is 60.7 Å². The summed E-state index contributed by atoms with van der Waals surface area (Å²) in [5.41, 5.74) is 1.55. The van der Waals surface area contributed by atoms with E-state index >= 15 is 0 Å². The summed E-state index contributed by atoms with van der Waals surface area (Å²) in [7, 11) is 1.20. The van der Waals surface area contributed by atoms with Crippen molar-refractivity contribution in [2.75, 3.05) is 19.5 Å². The molecule has 0 aromatic heterocycles. The van der Waals surface area contributed by atoms with Gasteiger partial charge in [-0.25, -0.2) is 14.4 Å². The average Bonchev–Trinajstić information content (AvgIpc) is 2.96. The number of ether oxygens (including phenoxy) is 3. The number of rotatable bonds is 10. The van der Waals surface area contributed by atoms with Crippen LogP contribution in [0.15, 0.2) is 60.7 Å². The van der Waals surface area contributed by atoms with Crippen LogP contribution in [0.25, 0.3) is 0 Å². The molecule has 2 aromatic carbocycles. The van der Waals surface area contributed by atoms with Crippen molar-refractivity contribution in [2.45, 2.75) is 51.9 Å². The van der Waals surface area contributed by atoms with Crippen molar-refractivity contribution in [2.24, 2.45) is 0 Å². The van der Waals surface area contributed by atoms with Crippen LogP contribution < -0.4 is 0 Å². The predicted octanol–water partition coefficient (Wildman–Crippen LogP) is 3.98. The summed E-state index contributed by atoms with van der Waals surface area (Å²) < 4.78 is 15.0. The number of esters is 2. The Morgan fingerprint density at radius 1 is 0.897 bits per heavy atom. The molecule has 2 aromatic rings. The molecule has 10 nitrogen and oxygen atoms in total. The molecule has 1 saturated heterocycles. The highest BCUT2D eigenvalue weighted by molar-refractivity contribution is 8.13. The van der Waals surface area contributed by atoms with Crippen LogP contribution in [-0.4, -0.2) is 64.2 Å². The first-order valence-electron chi connectivity index (χ1n) is 12.6. The van der Waals surface area contributed by atoms with E-state index in [1.807, 2.05) is 48.5 Å². The maximum Gasteiger partial charge on any atom is 0.455 e. The highest BCUT2D eigenvalue weighted by atomic mass is 32.2. The van der Waals surface area contributed by atoms with Crippen LogP contribution in [0.4, 0.5) is 4.79 Å². The highest BCUT2D eigenvalue weighted by Gasteiger charge is 2.58. The number of benzene rings is 2. The SMILES string of the molecule is COC(=O)C1CCCN(C(=O)OCc2ccccc2)[N+]1(CSC(C)=O)C(=O)CCC(=O)OCc1ccccc1. The Kier molecular flexibility index (Phi) is 11.1. The Balaban J connectivity index is 1.83. The fourth-order valence-electron chi connectivity index (χ4n) is 4.40. The zero-order valence-electron chi connectivity index (χ0n) is 22.1. The van der Waals surface area contributed by atoms with Crippen molar-refractivity contribution in [1.29, 1.82) is 0 Å². The van der Waals surface area contributed by atoms with Crippen molar-refractivity contribution < 1.29 is 42.8 Å². The van der Waals surface area contributed by atoms with Gasteiger partial charge in [0.25, 0.3) is 0 Å². The van der Waals surface area contributed by atoms with Gasteiger partial charge in [0.1, 0.15) is 13.2 Å². The van der Waals surface area contributed by atoms with Gasteiger partial charge in [-0.2, -0.15) is 0 Å². The number of quaternary nitrogens is 1. The van der Waals surface area contributed by atoms with Gasteiger partial charge < -0.3 is 14.2 Å². The number of hydrogen-bond donors (Lipinski definition) is 0. The van der Waals surface area contributed by atoms with Crippen molar-refractivity contribution in [3.8, 4) is 0 Å². The molecule has 0 N–H and O–H groups in total. The van der Waals surface area contributed by atoms with Crippen LogP contribution >= 0.6 is 11.8 Å². The standard InChI is InChI=1S/C28H33N2O8S/c1-21(31)39-20-30(25(32)15-16-26(33)37-18-22-10-5-3-6-11-22)24(27(34)36-2)14-9-17-29(30)28(35)38-19-23-12-7-4-8-13-23/h3-8,10-13,24H,9,14-20H2,1-2H3/q+1. The lowest BCUT2D eigenvalue weighted by Gasteiger charge is -2.48. The number of amides is 2. The minimum Gasteiger partial charge on any atom is -0.465 e. The number of thioether (sulfide) groups is 1. The van der Waals surface area contributed by atoms with Gasteiger partial charge in [0.15, 0.2) is 11.0 Å². The van der Waals surface area contributed by atoms with Gasteiger partial charge in [0.05, 0.1) is 26.5 Å². The number of nitrogens with zero attached hydrogens (tertiary/aromatic N) is 2. The smallest absolute Gasteiger partial charge is 0.455 e. The molecule has 0 aliphatic carbocycles. The zero-order chi connectivity index (χ0) is 28.3. The molecule has 2 unspecified atom stereocenters. The summed E-state index contributed by atoms with van der Waals surface area (Å²) in [6, 6.07) is 17.1. The molecule has 1 fully saturated rings. The molecule has 208 valence electrons. The first kappa shape index (κ1) is 29.9. The largest absolute Gasteiger partial charge is 0.465 e. The lowest BCUT2D eigenvalue weighted by molar-refractivity contribution is -0.965. The lowest BCUT2D eigenvalue weighted by atomic mass is 10.0. The van der Waals surface area contributed by atoms with Crippen LogP contribution in [0.5, 0.6) is 0 Å². The molecule has 1 aliphatic heterocycles. The monoisotopic (exact) mass is 557 g/mol. The van der Waals surface area contributed by atoms with Crippen LogP contribution in [0, 0.1) is 0 Å². The second kappa shape index (κ2) is 14.5. The number of hydrogen-bond acceptors (Lipinski definition) is 9. The molecule has 0 bridgehead atoms. The molecular formula is C28H33N2O8S+. The third-order valence-electron chi connectivity index (χ3n) is 6.37. The molecule has 1 aliphatic rings. The van der Waals surface area contributed by atoms with E-state index in [2.05, 4.69) is 0 Å². The first-order valence-corrected chi connectivity index (χ1v) is 13.6. The summed E-state index contributed by atoms with van der Waals surface area (Å²) in [5.74, 6) is -2.12. The van der Waals surface area contributed by atoms with E-state index in [4.69, 9.17) is 14.2 Å². The summed E-state index contributed by atoms with van der Waals surface area (Å²) in [6.07, 6.45) is -0.731. The molecule has 0 spiro atoms. The van der Waals surface area contributed by atoms with Gasteiger partial charge in [0.2, 0.25) is 6.04 Å². The van der Waals surface area contributed by atoms with E-state index < -0.39 is 34.6 Å². The number of methoxy groups -OCH3 is 1. The van der Waals surface area contributed by atoms with Crippen molar-refractivity contribution in [3.05, 3.63) is 71.8 Å². The fourth-order valence-corrected chi connectivity index (χ4v) is 5.24. The lowest BCUT2D eigenvalue weighted by Crippen LogP contribution is -2.74. The summed E-state index contributed by atoms with van der Waals surface area (Å²) in [5, 5.41) is 0.885. The Morgan fingerprint density at radius 2 is 1.49 bits per heavy atom. The molecular weight excluding hydrogens is 524 g/mol. The Hall–Kier alpha value is -3.70. The molecule has 0 saturated carbocycles. The van der Waals surface area contributed by atoms with Gasteiger partial charge >= 0.3 is 23.9 Å². The van der Waals surface area contributed by atoms with Crippen LogP contribution in [0.2, 0.25) is 0 Å². The van der Waals surface area contributed by atoms with Crippen molar-refractivity contribution in [1.82, 2.24) is 5.01 Å². The van der Waals surface area contributed by atoms with E-state index in [0.717, 1.165) is 22.9 Å². The quantitative estimate of drug-likeness (QED) is 0.243. The van der Waals surface area contributed by atoms with Crippen LogP contribution in [0.1, 0.15) is 43.7 Å². The maximum atomic E-state index is 13.9. The number of carbonyl (C=O) groups is 5. The predicted molar refractivity (Wildman–Crippen MR) is 142 cm³/mol. The summed E-state index contributed by atoms with van der Waals surface area (Å²) >= 11 is 0.813. The van der Waals surface area contributed by atoms with Crippen molar-refractivity contribution in [3.63, 3.8) is 0 Å². The first-order chi connectivity index (χ1) is 18.8. The molecule has 2 amide bonds. The van der Waals surface area contributed by atoms with E-state index in [1.54, 1.807) is 12.1 Å². The molecule has 2 atom stereocenters. The average molecular weight is 558 g/mol. The summed E-state index contributed by atoms with van der Waals surface area (Å²) in [6.45, 7) is 1.46. The highest BCUT2D eigenvalue weighted by Crippen LogP contribution is 2.34. The molecule has 0 radical (unpaired) electrons. The second-order valence-electron chi connectivity index (χ2n) is 8.98. The Labute approximate surface area is 231 Å². The van der Waals surface area contributed by atoms with E-state index in [-0.39, 0.29) is 50.0 Å². The second-order valence-corrected chi connectivity index (χ2v) is 10.1. The van der Waals surface area contributed by atoms with Crippen LogP contribution in [0.3, 0.4) is 0 Å². The van der Waals surface area contributed by atoms with Gasteiger partial charge in [-0.05, 0) is 29.3 Å². The fraction of sp³-hybridized carbons (Fsp3) is 0.393. The normalized spacial score (nSPS) is 18.6. The van der Waals surface area contributed by atoms with Gasteiger partial charge in [0, 0.05) is 13.3 Å². The number of carbonyl (C=O) groups excluding carboxylic acids is 5. The molecule has 3 rings (SSSR count). The van der Waals surface area contributed by atoms with E-state index in [1.165, 1.54) is 19.0 Å². The van der Waals surface area contributed by atoms with E-state index in [0.29, 0.717) is 6.42 Å². The minimum absolute atomic E-state index is 0.0427. The zero-order valence-corrected chi connectivity index (χ0v) is 22.9. The third-order valence-corrected chi connectivity index (χ3v) is 7.29. The van der Waals surface area contributed by atoms with Gasteiger partial charge in [-0.15, -0.1) is 9.60 Å².